The van der Waals surface area contributed by atoms with Crippen LogP contribution in [0.3, 0.4) is 0 Å². The second kappa shape index (κ2) is 3.32. The van der Waals surface area contributed by atoms with Crippen LogP contribution in [-0.4, -0.2) is 0 Å². The van der Waals surface area contributed by atoms with Crippen molar-refractivity contribution in [1.82, 2.24) is 0 Å². The minimum atomic E-state index is -0.198. The third kappa shape index (κ3) is 1.35. The summed E-state index contributed by atoms with van der Waals surface area (Å²) in [5.74, 6) is 1.16. The molecule has 1 aromatic carbocycles. The zero-order valence-corrected chi connectivity index (χ0v) is 9.22. The molecule has 0 aliphatic heterocycles. The Bertz CT molecular complexity index is 555. The lowest BCUT2D eigenvalue weighted by Crippen LogP contribution is -1.97. The van der Waals surface area contributed by atoms with Gasteiger partial charge in [-0.05, 0) is 43.4 Å². The molecule has 1 aromatic heterocycles. The van der Waals surface area contributed by atoms with Crippen molar-refractivity contribution in [2.75, 3.05) is 0 Å². The van der Waals surface area contributed by atoms with Gasteiger partial charge < -0.3 is 10.2 Å². The van der Waals surface area contributed by atoms with Crippen molar-refractivity contribution < 1.29 is 8.81 Å². The summed E-state index contributed by atoms with van der Waals surface area (Å²) >= 11 is 0. The van der Waals surface area contributed by atoms with E-state index in [1.807, 2.05) is 6.92 Å². The van der Waals surface area contributed by atoms with Crippen molar-refractivity contribution in [2.24, 2.45) is 5.73 Å². The van der Waals surface area contributed by atoms with E-state index in [4.69, 9.17) is 10.2 Å². The van der Waals surface area contributed by atoms with E-state index in [0.29, 0.717) is 12.5 Å². The van der Waals surface area contributed by atoms with Gasteiger partial charge in [0.15, 0.2) is 0 Å². The Morgan fingerprint density at radius 3 is 2.81 bits per heavy atom. The summed E-state index contributed by atoms with van der Waals surface area (Å²) in [4.78, 5) is 0. The summed E-state index contributed by atoms with van der Waals surface area (Å²) < 4.78 is 19.1. The summed E-state index contributed by atoms with van der Waals surface area (Å²) in [6, 6.07) is 3.07. The van der Waals surface area contributed by atoms with Crippen LogP contribution in [0.15, 0.2) is 16.5 Å². The highest BCUT2D eigenvalue weighted by Crippen LogP contribution is 2.46. The summed E-state index contributed by atoms with van der Waals surface area (Å²) in [5, 5.41) is 0.917. The molecule has 0 spiro atoms. The predicted octanol–water partition coefficient (Wildman–Crippen LogP) is 3.22. The van der Waals surface area contributed by atoms with Crippen LogP contribution in [0.4, 0.5) is 4.39 Å². The van der Waals surface area contributed by atoms with Crippen LogP contribution in [0.2, 0.25) is 0 Å². The Labute approximate surface area is 93.2 Å². The molecule has 84 valence electrons. The van der Waals surface area contributed by atoms with Gasteiger partial charge in [0.2, 0.25) is 0 Å². The summed E-state index contributed by atoms with van der Waals surface area (Å²) in [6.07, 6.45) is 2.33. The van der Waals surface area contributed by atoms with Gasteiger partial charge in [-0.1, -0.05) is 0 Å². The Morgan fingerprint density at radius 1 is 1.44 bits per heavy atom. The summed E-state index contributed by atoms with van der Waals surface area (Å²) in [6.45, 7) is 2.26. The molecule has 2 nitrogen and oxygen atoms in total. The Kier molecular flexibility index (Phi) is 2.04. The van der Waals surface area contributed by atoms with Gasteiger partial charge in [-0.25, -0.2) is 4.39 Å². The second-order valence-corrected chi connectivity index (χ2v) is 4.52. The average Bonchev–Trinajstić information content (AvgIpc) is 3.00. The second-order valence-electron chi connectivity index (χ2n) is 4.52. The van der Waals surface area contributed by atoms with Crippen LogP contribution in [0.25, 0.3) is 11.0 Å². The first kappa shape index (κ1) is 9.85. The number of hydrogen-bond acceptors (Lipinski definition) is 2. The van der Waals surface area contributed by atoms with Crippen LogP contribution in [-0.2, 0) is 6.54 Å². The van der Waals surface area contributed by atoms with Gasteiger partial charge in [-0.15, -0.1) is 0 Å². The van der Waals surface area contributed by atoms with Crippen LogP contribution in [0, 0.1) is 12.7 Å². The van der Waals surface area contributed by atoms with Crippen LogP contribution < -0.4 is 5.73 Å². The lowest BCUT2D eigenvalue weighted by Gasteiger charge is -1.98. The van der Waals surface area contributed by atoms with Crippen molar-refractivity contribution in [3.05, 3.63) is 34.8 Å². The SMILES string of the molecule is Cc1cc(F)cc2c(C3CC3)c(CN)oc12. The summed E-state index contributed by atoms with van der Waals surface area (Å²) in [7, 11) is 0. The van der Waals surface area contributed by atoms with Crippen molar-refractivity contribution >= 4 is 11.0 Å². The standard InChI is InChI=1S/C13H14FNO/c1-7-4-9(14)5-10-12(8-2-3-8)11(6-15)16-13(7)10/h4-5,8H,2-3,6,15H2,1H3. The molecule has 0 unspecified atom stereocenters. The van der Waals surface area contributed by atoms with E-state index < -0.39 is 0 Å². The number of aryl methyl sites for hydroxylation is 1. The number of halogens is 1. The van der Waals surface area contributed by atoms with E-state index in [0.717, 1.165) is 40.7 Å². The predicted molar refractivity (Wildman–Crippen MR) is 60.8 cm³/mol. The molecule has 1 heterocycles. The summed E-state index contributed by atoms with van der Waals surface area (Å²) in [5.41, 5.74) is 8.46. The third-order valence-corrected chi connectivity index (χ3v) is 3.23. The average molecular weight is 219 g/mol. The smallest absolute Gasteiger partial charge is 0.137 e. The fourth-order valence-electron chi connectivity index (χ4n) is 2.37. The monoisotopic (exact) mass is 219 g/mol. The molecule has 1 aliphatic carbocycles. The number of benzene rings is 1. The highest BCUT2D eigenvalue weighted by atomic mass is 19.1. The maximum Gasteiger partial charge on any atom is 0.137 e. The van der Waals surface area contributed by atoms with Gasteiger partial charge in [-0.2, -0.15) is 0 Å². The fraction of sp³-hybridized carbons (Fsp3) is 0.385. The Hall–Kier alpha value is -1.35. The molecule has 0 amide bonds. The van der Waals surface area contributed by atoms with Gasteiger partial charge in [-0.3, -0.25) is 0 Å². The first-order chi connectivity index (χ1) is 7.70. The molecule has 0 bridgehead atoms. The Morgan fingerprint density at radius 2 is 2.19 bits per heavy atom. The fourth-order valence-corrected chi connectivity index (χ4v) is 2.37. The van der Waals surface area contributed by atoms with E-state index in [9.17, 15) is 4.39 Å². The highest BCUT2D eigenvalue weighted by Gasteiger charge is 2.30. The van der Waals surface area contributed by atoms with Gasteiger partial charge in [0.25, 0.3) is 0 Å². The van der Waals surface area contributed by atoms with Crippen LogP contribution in [0.5, 0.6) is 0 Å². The van der Waals surface area contributed by atoms with E-state index in [-0.39, 0.29) is 5.82 Å². The first-order valence-electron chi connectivity index (χ1n) is 5.62. The van der Waals surface area contributed by atoms with E-state index in [1.54, 1.807) is 6.07 Å². The molecule has 0 saturated heterocycles. The lowest BCUT2D eigenvalue weighted by molar-refractivity contribution is 0.543. The first-order valence-corrected chi connectivity index (χ1v) is 5.62. The minimum Gasteiger partial charge on any atom is -0.459 e. The largest absolute Gasteiger partial charge is 0.459 e. The molecule has 3 rings (SSSR count). The van der Waals surface area contributed by atoms with Crippen molar-refractivity contribution in [3.63, 3.8) is 0 Å². The molecule has 16 heavy (non-hydrogen) atoms. The molecule has 1 saturated carbocycles. The van der Waals surface area contributed by atoms with Gasteiger partial charge in [0.05, 0.1) is 6.54 Å². The van der Waals surface area contributed by atoms with Gasteiger partial charge in [0, 0.05) is 10.9 Å². The molecule has 2 N–H and O–H groups in total. The minimum absolute atomic E-state index is 0.198. The molecule has 3 heteroatoms. The van der Waals surface area contributed by atoms with Crippen molar-refractivity contribution in [3.8, 4) is 0 Å². The zero-order valence-electron chi connectivity index (χ0n) is 9.22. The van der Waals surface area contributed by atoms with Gasteiger partial charge >= 0.3 is 0 Å². The normalized spacial score (nSPS) is 15.9. The topological polar surface area (TPSA) is 39.2 Å². The lowest BCUT2D eigenvalue weighted by atomic mass is 10.0. The quantitative estimate of drug-likeness (QED) is 0.842. The molecule has 1 fully saturated rings. The number of hydrogen-bond donors (Lipinski definition) is 1. The molecule has 1 aliphatic rings. The maximum atomic E-state index is 13.4. The van der Waals surface area contributed by atoms with E-state index in [2.05, 4.69) is 0 Å². The molecule has 0 radical (unpaired) electrons. The number of rotatable bonds is 2. The van der Waals surface area contributed by atoms with Crippen LogP contribution >= 0.6 is 0 Å². The maximum absolute atomic E-state index is 13.4. The highest BCUT2D eigenvalue weighted by molar-refractivity contribution is 5.86. The van der Waals surface area contributed by atoms with E-state index >= 15 is 0 Å². The van der Waals surface area contributed by atoms with Crippen molar-refractivity contribution in [1.29, 1.82) is 0 Å². The third-order valence-electron chi connectivity index (χ3n) is 3.23. The molecular weight excluding hydrogens is 205 g/mol. The molecular formula is C13H14FNO. The van der Waals surface area contributed by atoms with E-state index in [1.165, 1.54) is 6.07 Å². The van der Waals surface area contributed by atoms with Crippen molar-refractivity contribution in [2.45, 2.75) is 32.2 Å². The number of nitrogens with two attached hydrogens (primary N) is 1. The molecule has 2 aromatic rings. The molecule has 0 atom stereocenters. The Balaban J connectivity index is 2.35. The van der Waals surface area contributed by atoms with Crippen LogP contribution in [0.1, 0.15) is 35.6 Å². The number of fused-ring (bicyclic) bond motifs is 1. The van der Waals surface area contributed by atoms with Gasteiger partial charge in [0.1, 0.15) is 17.2 Å². The zero-order chi connectivity index (χ0) is 11.3. The number of furan rings is 1.